The van der Waals surface area contributed by atoms with E-state index >= 15 is 0 Å². The maximum absolute atomic E-state index is 5.75. The number of ether oxygens (including phenoxy) is 1. The molecule has 4 nitrogen and oxygen atoms in total. The molecule has 1 heterocycles. The lowest BCUT2D eigenvalue weighted by Crippen LogP contribution is -2.08. The van der Waals surface area contributed by atoms with Crippen LogP contribution in [0.1, 0.15) is 37.2 Å². The van der Waals surface area contributed by atoms with Crippen LogP contribution in [0.25, 0.3) is 0 Å². The monoisotopic (exact) mass is 287 g/mol. The van der Waals surface area contributed by atoms with Crippen LogP contribution in [0.3, 0.4) is 0 Å². The van der Waals surface area contributed by atoms with Gasteiger partial charge in [-0.15, -0.1) is 0 Å². The molecular weight excluding hydrogens is 262 g/mol. The molecule has 0 aliphatic heterocycles. The van der Waals surface area contributed by atoms with E-state index in [0.717, 1.165) is 37.1 Å². The second-order valence-corrected chi connectivity index (χ2v) is 5.11. The van der Waals surface area contributed by atoms with E-state index in [1.54, 1.807) is 0 Å². The van der Waals surface area contributed by atoms with E-state index in [4.69, 9.17) is 10.5 Å². The van der Waals surface area contributed by atoms with Gasteiger partial charge >= 0.3 is 0 Å². The van der Waals surface area contributed by atoms with Crippen molar-refractivity contribution in [3.63, 3.8) is 0 Å². The van der Waals surface area contributed by atoms with Crippen molar-refractivity contribution in [1.29, 1.82) is 0 Å². The minimum absolute atomic E-state index is 0.569. The van der Waals surface area contributed by atoms with Gasteiger partial charge in [0.1, 0.15) is 5.75 Å². The average Bonchev–Trinajstić information content (AvgIpc) is 2.94. The van der Waals surface area contributed by atoms with Crippen molar-refractivity contribution >= 4 is 0 Å². The Morgan fingerprint density at radius 2 is 1.90 bits per heavy atom. The molecule has 0 aliphatic carbocycles. The average molecular weight is 287 g/mol. The summed E-state index contributed by atoms with van der Waals surface area (Å²) in [6, 6.07) is 10.2. The third-order valence-electron chi connectivity index (χ3n) is 3.58. The first-order valence-corrected chi connectivity index (χ1v) is 7.74. The van der Waals surface area contributed by atoms with Gasteiger partial charge < -0.3 is 10.5 Å². The predicted octanol–water partition coefficient (Wildman–Crippen LogP) is 2.94. The van der Waals surface area contributed by atoms with Crippen molar-refractivity contribution < 1.29 is 4.74 Å². The summed E-state index contributed by atoms with van der Waals surface area (Å²) in [6.07, 6.45) is 2.97. The van der Waals surface area contributed by atoms with E-state index in [2.05, 4.69) is 29.7 Å². The van der Waals surface area contributed by atoms with Gasteiger partial charge in [0, 0.05) is 25.2 Å². The van der Waals surface area contributed by atoms with Gasteiger partial charge in [0.05, 0.1) is 12.3 Å². The lowest BCUT2D eigenvalue weighted by atomic mass is 10.2. The Bertz CT molecular complexity index is 546. The molecule has 21 heavy (non-hydrogen) atoms. The van der Waals surface area contributed by atoms with E-state index in [-0.39, 0.29) is 0 Å². The first-order valence-electron chi connectivity index (χ1n) is 7.74. The van der Waals surface area contributed by atoms with Crippen molar-refractivity contribution in [3.8, 4) is 5.75 Å². The van der Waals surface area contributed by atoms with Crippen molar-refractivity contribution in [2.45, 2.75) is 46.2 Å². The molecule has 0 fully saturated rings. The molecule has 1 aromatic carbocycles. The van der Waals surface area contributed by atoms with Gasteiger partial charge in [-0.05, 0) is 36.6 Å². The minimum Gasteiger partial charge on any atom is -0.494 e. The van der Waals surface area contributed by atoms with Gasteiger partial charge in [-0.1, -0.05) is 26.0 Å². The number of hydrogen-bond acceptors (Lipinski definition) is 3. The molecule has 0 spiro atoms. The maximum atomic E-state index is 5.75. The summed E-state index contributed by atoms with van der Waals surface area (Å²) in [5.74, 6) is 0.901. The number of aromatic nitrogens is 2. The Morgan fingerprint density at radius 1 is 1.14 bits per heavy atom. The van der Waals surface area contributed by atoms with Crippen molar-refractivity contribution in [2.24, 2.45) is 5.73 Å². The first-order chi connectivity index (χ1) is 10.3. The summed E-state index contributed by atoms with van der Waals surface area (Å²) < 4.78 is 7.86. The lowest BCUT2D eigenvalue weighted by molar-refractivity contribution is 0.297. The molecule has 2 rings (SSSR count). The van der Waals surface area contributed by atoms with Gasteiger partial charge in [0.15, 0.2) is 0 Å². The van der Waals surface area contributed by atoms with Crippen LogP contribution in [0.5, 0.6) is 5.75 Å². The van der Waals surface area contributed by atoms with Crippen LogP contribution in [0.4, 0.5) is 0 Å². The highest BCUT2D eigenvalue weighted by Gasteiger charge is 2.04. The van der Waals surface area contributed by atoms with E-state index in [0.29, 0.717) is 13.2 Å². The topological polar surface area (TPSA) is 53.1 Å². The zero-order chi connectivity index (χ0) is 15.1. The smallest absolute Gasteiger partial charge is 0.119 e. The fourth-order valence-electron chi connectivity index (χ4n) is 2.29. The summed E-state index contributed by atoms with van der Waals surface area (Å²) in [4.78, 5) is 0. The van der Waals surface area contributed by atoms with Crippen LogP contribution in [0.15, 0.2) is 30.3 Å². The second-order valence-electron chi connectivity index (χ2n) is 5.11. The van der Waals surface area contributed by atoms with Crippen LogP contribution in [0, 0.1) is 0 Å². The van der Waals surface area contributed by atoms with E-state index in [9.17, 15) is 0 Å². The molecule has 0 radical (unpaired) electrons. The number of benzene rings is 1. The second kappa shape index (κ2) is 7.84. The Hall–Kier alpha value is -1.81. The number of hydrogen-bond donors (Lipinski definition) is 1. The largest absolute Gasteiger partial charge is 0.494 e. The Balaban J connectivity index is 1.79. The van der Waals surface area contributed by atoms with Gasteiger partial charge in [-0.3, -0.25) is 4.68 Å². The highest BCUT2D eigenvalue weighted by molar-refractivity contribution is 5.27. The third-order valence-corrected chi connectivity index (χ3v) is 3.58. The number of aryl methyl sites for hydroxylation is 3. The SMILES string of the molecule is CCc1cc(CC)n(CCCOc2ccc(CN)cc2)n1. The van der Waals surface area contributed by atoms with E-state index < -0.39 is 0 Å². The fraction of sp³-hybridized carbons (Fsp3) is 0.471. The third kappa shape index (κ3) is 4.33. The van der Waals surface area contributed by atoms with Crippen LogP contribution in [-0.4, -0.2) is 16.4 Å². The molecular formula is C17H25N3O. The van der Waals surface area contributed by atoms with Crippen molar-refractivity contribution in [2.75, 3.05) is 6.61 Å². The van der Waals surface area contributed by atoms with Gasteiger partial charge in [-0.25, -0.2) is 0 Å². The molecule has 0 saturated carbocycles. The van der Waals surface area contributed by atoms with Gasteiger partial charge in [-0.2, -0.15) is 5.10 Å². The molecule has 0 atom stereocenters. The molecule has 1 aromatic heterocycles. The Morgan fingerprint density at radius 3 is 2.52 bits per heavy atom. The highest BCUT2D eigenvalue weighted by atomic mass is 16.5. The molecule has 2 aromatic rings. The number of nitrogens with zero attached hydrogens (tertiary/aromatic N) is 2. The zero-order valence-corrected chi connectivity index (χ0v) is 13.0. The molecule has 0 unspecified atom stereocenters. The van der Waals surface area contributed by atoms with Crippen LogP contribution < -0.4 is 10.5 Å². The standard InChI is InChI=1S/C17H25N3O/c1-3-15-12-16(4-2)20(19-15)10-5-11-21-17-8-6-14(13-18)7-9-17/h6-9,12H,3-5,10-11,13,18H2,1-2H3. The predicted molar refractivity (Wildman–Crippen MR) is 85.4 cm³/mol. The van der Waals surface area contributed by atoms with Gasteiger partial charge in [0.2, 0.25) is 0 Å². The molecule has 0 amide bonds. The van der Waals surface area contributed by atoms with Crippen LogP contribution >= 0.6 is 0 Å². The van der Waals surface area contributed by atoms with Crippen LogP contribution in [0.2, 0.25) is 0 Å². The molecule has 114 valence electrons. The van der Waals surface area contributed by atoms with E-state index in [1.807, 2.05) is 24.3 Å². The summed E-state index contributed by atoms with van der Waals surface area (Å²) in [7, 11) is 0. The minimum atomic E-state index is 0.569. The highest BCUT2D eigenvalue weighted by Crippen LogP contribution is 2.12. The van der Waals surface area contributed by atoms with E-state index in [1.165, 1.54) is 11.4 Å². The summed E-state index contributed by atoms with van der Waals surface area (Å²) in [5, 5.41) is 4.61. The van der Waals surface area contributed by atoms with Crippen molar-refractivity contribution in [1.82, 2.24) is 9.78 Å². The number of rotatable bonds is 8. The maximum Gasteiger partial charge on any atom is 0.119 e. The summed E-state index contributed by atoms with van der Waals surface area (Å²) in [6.45, 7) is 6.48. The number of nitrogens with two attached hydrogens (primary N) is 1. The molecule has 0 aliphatic rings. The van der Waals surface area contributed by atoms with Gasteiger partial charge in [0.25, 0.3) is 0 Å². The molecule has 4 heteroatoms. The van der Waals surface area contributed by atoms with Crippen LogP contribution in [-0.2, 0) is 25.9 Å². The zero-order valence-electron chi connectivity index (χ0n) is 13.0. The summed E-state index contributed by atoms with van der Waals surface area (Å²) in [5.41, 5.74) is 9.18. The summed E-state index contributed by atoms with van der Waals surface area (Å²) >= 11 is 0. The fourth-order valence-corrected chi connectivity index (χ4v) is 2.29. The quantitative estimate of drug-likeness (QED) is 0.759. The lowest BCUT2D eigenvalue weighted by Gasteiger charge is -2.08. The Kier molecular flexibility index (Phi) is 5.81. The molecule has 2 N–H and O–H groups in total. The molecule has 0 bridgehead atoms. The molecule has 0 saturated heterocycles. The Labute approximate surface area is 126 Å². The normalized spacial score (nSPS) is 10.8. The van der Waals surface area contributed by atoms with Crippen molar-refractivity contribution in [3.05, 3.63) is 47.3 Å². The first kappa shape index (κ1) is 15.6.